The first kappa shape index (κ1) is 13.8. The van der Waals surface area contributed by atoms with Gasteiger partial charge in [-0.05, 0) is 24.6 Å². The fourth-order valence-corrected chi connectivity index (χ4v) is 1.27. The van der Waals surface area contributed by atoms with Gasteiger partial charge in [0.2, 0.25) is 0 Å². The van der Waals surface area contributed by atoms with Crippen molar-refractivity contribution in [3.8, 4) is 0 Å². The molecule has 7 heteroatoms. The van der Waals surface area contributed by atoms with Crippen molar-refractivity contribution < 1.29 is 14.4 Å². The van der Waals surface area contributed by atoms with Gasteiger partial charge in [0, 0.05) is 12.2 Å². The van der Waals surface area contributed by atoms with E-state index in [1.54, 1.807) is 0 Å². The molecule has 0 fully saturated rings. The van der Waals surface area contributed by atoms with Crippen LogP contribution in [-0.4, -0.2) is 23.6 Å². The normalized spacial score (nSPS) is 11.1. The number of nitrogens with zero attached hydrogens (tertiary/aromatic N) is 1. The number of oxime groups is 1. The van der Waals surface area contributed by atoms with E-state index in [0.717, 1.165) is 12.5 Å². The van der Waals surface area contributed by atoms with Crippen molar-refractivity contribution in [1.82, 2.24) is 5.32 Å². The number of amidine groups is 1. The smallest absolute Gasteiger partial charge is 0.319 e. The fourth-order valence-electron chi connectivity index (χ4n) is 1.27. The Hall–Kier alpha value is -2.31. The summed E-state index contributed by atoms with van der Waals surface area (Å²) >= 11 is 0. The average Bonchev–Trinajstić information content (AvgIpc) is 2.37. The van der Waals surface area contributed by atoms with E-state index in [2.05, 4.69) is 15.8 Å². The molecule has 18 heavy (non-hydrogen) atoms. The second kappa shape index (κ2) is 6.43. The molecule has 0 bridgehead atoms. The number of nitrogens with two attached hydrogens (primary N) is 1. The topological polar surface area (TPSA) is 99.7 Å². The first-order valence-corrected chi connectivity index (χ1v) is 5.40. The Morgan fingerprint density at radius 2 is 2.28 bits per heavy atom. The van der Waals surface area contributed by atoms with Crippen molar-refractivity contribution in [3.05, 3.63) is 29.6 Å². The standard InChI is InChI=1S/C11H15FN4O2/c1-2-5-14-11(17)15-7-3-4-9(12)8(6-7)10(13)16-18/h3-4,6,18H,2,5H2,1H3,(H2,13,16)(H2,14,15,17). The lowest BCUT2D eigenvalue weighted by molar-refractivity contribution is 0.252. The number of benzene rings is 1. The third kappa shape index (κ3) is 3.62. The molecule has 0 atom stereocenters. The lowest BCUT2D eigenvalue weighted by Crippen LogP contribution is -2.29. The predicted octanol–water partition coefficient (Wildman–Crippen LogP) is 1.45. The largest absolute Gasteiger partial charge is 0.409 e. The van der Waals surface area contributed by atoms with Crippen molar-refractivity contribution in [1.29, 1.82) is 0 Å². The van der Waals surface area contributed by atoms with E-state index in [0.29, 0.717) is 12.2 Å². The molecule has 0 aliphatic rings. The van der Waals surface area contributed by atoms with E-state index in [9.17, 15) is 9.18 Å². The lowest BCUT2D eigenvalue weighted by atomic mass is 10.1. The maximum absolute atomic E-state index is 13.3. The average molecular weight is 254 g/mol. The summed E-state index contributed by atoms with van der Waals surface area (Å²) < 4.78 is 13.3. The second-order valence-corrected chi connectivity index (χ2v) is 3.56. The van der Waals surface area contributed by atoms with E-state index >= 15 is 0 Å². The summed E-state index contributed by atoms with van der Waals surface area (Å²) in [4.78, 5) is 11.4. The number of rotatable bonds is 4. The van der Waals surface area contributed by atoms with Crippen LogP contribution in [0.15, 0.2) is 23.4 Å². The summed E-state index contributed by atoms with van der Waals surface area (Å²) in [5, 5.41) is 16.3. The number of halogens is 1. The molecular formula is C11H15FN4O2. The van der Waals surface area contributed by atoms with Crippen LogP contribution < -0.4 is 16.4 Å². The fraction of sp³-hybridized carbons (Fsp3) is 0.273. The number of hydrogen-bond donors (Lipinski definition) is 4. The van der Waals surface area contributed by atoms with Gasteiger partial charge in [0.05, 0.1) is 5.56 Å². The van der Waals surface area contributed by atoms with Gasteiger partial charge < -0.3 is 21.6 Å². The Morgan fingerprint density at radius 3 is 2.89 bits per heavy atom. The molecule has 98 valence electrons. The molecule has 0 saturated heterocycles. The first-order chi connectivity index (χ1) is 8.58. The molecule has 1 aromatic carbocycles. The molecule has 6 nitrogen and oxygen atoms in total. The van der Waals surface area contributed by atoms with Gasteiger partial charge in [0.1, 0.15) is 5.82 Å². The number of carbonyl (C=O) groups is 1. The minimum Gasteiger partial charge on any atom is -0.409 e. The van der Waals surface area contributed by atoms with Crippen LogP contribution in [0.1, 0.15) is 18.9 Å². The Kier molecular flexibility index (Phi) is 4.91. The quantitative estimate of drug-likeness (QED) is 0.283. The summed E-state index contributed by atoms with van der Waals surface area (Å²) in [5.74, 6) is -0.991. The highest BCUT2D eigenvalue weighted by Gasteiger charge is 2.09. The van der Waals surface area contributed by atoms with Gasteiger partial charge in [-0.25, -0.2) is 9.18 Å². The summed E-state index contributed by atoms with van der Waals surface area (Å²) in [5.41, 5.74) is 5.58. The highest BCUT2D eigenvalue weighted by molar-refractivity contribution is 5.99. The van der Waals surface area contributed by atoms with Crippen LogP contribution in [0.25, 0.3) is 0 Å². The molecule has 1 rings (SSSR count). The Morgan fingerprint density at radius 1 is 1.56 bits per heavy atom. The van der Waals surface area contributed by atoms with Crippen molar-refractivity contribution in [2.75, 3.05) is 11.9 Å². The minimum absolute atomic E-state index is 0.0780. The van der Waals surface area contributed by atoms with Gasteiger partial charge in [-0.1, -0.05) is 12.1 Å². The Balaban J connectivity index is 2.82. The number of urea groups is 1. The van der Waals surface area contributed by atoms with Crippen LogP contribution in [0.4, 0.5) is 14.9 Å². The van der Waals surface area contributed by atoms with Crippen molar-refractivity contribution in [3.63, 3.8) is 0 Å². The molecule has 1 aromatic rings. The maximum atomic E-state index is 13.3. The van der Waals surface area contributed by atoms with Crippen molar-refractivity contribution >= 4 is 17.6 Å². The minimum atomic E-state index is -0.634. The number of hydrogen-bond acceptors (Lipinski definition) is 3. The summed E-state index contributed by atoms with van der Waals surface area (Å²) in [6.07, 6.45) is 0.812. The van der Waals surface area contributed by atoms with Gasteiger partial charge in [-0.2, -0.15) is 0 Å². The van der Waals surface area contributed by atoms with Crippen LogP contribution in [0.5, 0.6) is 0 Å². The van der Waals surface area contributed by atoms with E-state index in [1.165, 1.54) is 12.1 Å². The van der Waals surface area contributed by atoms with Gasteiger partial charge in [0.25, 0.3) is 0 Å². The van der Waals surface area contributed by atoms with E-state index < -0.39 is 11.8 Å². The third-order valence-electron chi connectivity index (χ3n) is 2.14. The zero-order valence-corrected chi connectivity index (χ0v) is 9.90. The maximum Gasteiger partial charge on any atom is 0.319 e. The molecule has 0 spiro atoms. The molecule has 0 aliphatic heterocycles. The Bertz CT molecular complexity index is 462. The van der Waals surface area contributed by atoms with Crippen LogP contribution >= 0.6 is 0 Å². The van der Waals surface area contributed by atoms with Gasteiger partial charge in [-0.3, -0.25) is 0 Å². The number of amides is 2. The highest BCUT2D eigenvalue weighted by Crippen LogP contribution is 2.14. The zero-order valence-electron chi connectivity index (χ0n) is 9.90. The highest BCUT2D eigenvalue weighted by atomic mass is 19.1. The molecule has 0 radical (unpaired) electrons. The van der Waals surface area contributed by atoms with Crippen LogP contribution in [-0.2, 0) is 0 Å². The zero-order chi connectivity index (χ0) is 13.5. The van der Waals surface area contributed by atoms with Gasteiger partial charge in [0.15, 0.2) is 5.84 Å². The molecule has 0 aromatic heterocycles. The van der Waals surface area contributed by atoms with Crippen LogP contribution in [0.3, 0.4) is 0 Å². The lowest BCUT2D eigenvalue weighted by Gasteiger charge is -2.08. The van der Waals surface area contributed by atoms with Crippen molar-refractivity contribution in [2.45, 2.75) is 13.3 Å². The monoisotopic (exact) mass is 254 g/mol. The summed E-state index contributed by atoms with van der Waals surface area (Å²) in [6, 6.07) is 3.40. The molecule has 5 N–H and O–H groups in total. The van der Waals surface area contributed by atoms with E-state index in [-0.39, 0.29) is 11.4 Å². The number of carbonyl (C=O) groups excluding carboxylic acids is 1. The molecule has 2 amide bonds. The molecular weight excluding hydrogens is 239 g/mol. The molecule has 0 heterocycles. The number of anilines is 1. The van der Waals surface area contributed by atoms with E-state index in [4.69, 9.17) is 10.9 Å². The van der Waals surface area contributed by atoms with Crippen molar-refractivity contribution in [2.24, 2.45) is 10.9 Å². The molecule has 0 saturated carbocycles. The molecule has 0 aliphatic carbocycles. The second-order valence-electron chi connectivity index (χ2n) is 3.56. The Labute approximate surface area is 104 Å². The number of nitrogens with one attached hydrogen (secondary N) is 2. The van der Waals surface area contributed by atoms with Crippen LogP contribution in [0, 0.1) is 5.82 Å². The predicted molar refractivity (Wildman–Crippen MR) is 66.2 cm³/mol. The third-order valence-corrected chi connectivity index (χ3v) is 2.14. The SMILES string of the molecule is CCCNC(=O)Nc1ccc(F)c(C(N)=NO)c1. The van der Waals surface area contributed by atoms with Crippen LogP contribution in [0.2, 0.25) is 0 Å². The van der Waals surface area contributed by atoms with Gasteiger partial charge in [-0.15, -0.1) is 0 Å². The van der Waals surface area contributed by atoms with E-state index in [1.807, 2.05) is 6.92 Å². The van der Waals surface area contributed by atoms with Gasteiger partial charge >= 0.3 is 6.03 Å². The summed E-state index contributed by atoms with van der Waals surface area (Å²) in [7, 11) is 0. The first-order valence-electron chi connectivity index (χ1n) is 5.40. The summed E-state index contributed by atoms with van der Waals surface area (Å²) in [6.45, 7) is 2.47. The molecule has 0 unspecified atom stereocenters.